The third kappa shape index (κ3) is 3.14. The average molecular weight is 300 g/mol. The van der Waals surface area contributed by atoms with Crippen LogP contribution < -0.4 is 5.32 Å². The van der Waals surface area contributed by atoms with Crippen LogP contribution in [-0.4, -0.2) is 42.1 Å². The van der Waals surface area contributed by atoms with Gasteiger partial charge in [-0.1, -0.05) is 12.1 Å². The molecule has 0 spiro atoms. The molecule has 2 unspecified atom stereocenters. The molecule has 1 heterocycles. The standard InChI is InChI=1S/C12H16N2O5S/c1-8-9(3-2-4-11(8)14(16)17)5-13-10-6-20(18,19)7-12(10)15/h2-4,10,12-13,15H,5-7H2,1H3. The first kappa shape index (κ1) is 14.9. The van der Waals surface area contributed by atoms with Gasteiger partial charge in [0.15, 0.2) is 9.84 Å². The van der Waals surface area contributed by atoms with Gasteiger partial charge in [-0.3, -0.25) is 10.1 Å². The monoisotopic (exact) mass is 300 g/mol. The van der Waals surface area contributed by atoms with Gasteiger partial charge in [0.1, 0.15) is 0 Å². The summed E-state index contributed by atoms with van der Waals surface area (Å²) >= 11 is 0. The van der Waals surface area contributed by atoms with Crippen LogP contribution in [0.5, 0.6) is 0 Å². The number of sulfone groups is 1. The molecule has 1 aliphatic heterocycles. The van der Waals surface area contributed by atoms with Gasteiger partial charge >= 0.3 is 0 Å². The summed E-state index contributed by atoms with van der Waals surface area (Å²) in [6.07, 6.45) is -0.931. The first-order valence-electron chi connectivity index (χ1n) is 6.15. The first-order chi connectivity index (χ1) is 9.30. The van der Waals surface area contributed by atoms with E-state index < -0.39 is 26.9 Å². The van der Waals surface area contributed by atoms with Crippen LogP contribution in [-0.2, 0) is 16.4 Å². The van der Waals surface area contributed by atoms with Crippen LogP contribution in [0, 0.1) is 17.0 Å². The normalized spacial score (nSPS) is 24.7. The number of nitrogens with one attached hydrogen (secondary N) is 1. The lowest BCUT2D eigenvalue weighted by atomic mass is 10.1. The number of aliphatic hydroxyl groups is 1. The van der Waals surface area contributed by atoms with E-state index in [1.165, 1.54) is 6.07 Å². The van der Waals surface area contributed by atoms with Crippen molar-refractivity contribution in [1.29, 1.82) is 0 Å². The number of hydrogen-bond acceptors (Lipinski definition) is 6. The highest BCUT2D eigenvalue weighted by molar-refractivity contribution is 7.91. The van der Waals surface area contributed by atoms with Crippen LogP contribution in [0.3, 0.4) is 0 Å². The van der Waals surface area contributed by atoms with Crippen LogP contribution in [0.4, 0.5) is 5.69 Å². The highest BCUT2D eigenvalue weighted by Gasteiger charge is 2.36. The van der Waals surface area contributed by atoms with Crippen molar-refractivity contribution in [3.8, 4) is 0 Å². The van der Waals surface area contributed by atoms with Gasteiger partial charge in [0.05, 0.1) is 22.5 Å². The molecule has 0 aliphatic carbocycles. The molecule has 2 rings (SSSR count). The zero-order chi connectivity index (χ0) is 14.9. The molecule has 1 saturated heterocycles. The molecule has 1 aliphatic rings. The van der Waals surface area contributed by atoms with Crippen LogP contribution in [0.1, 0.15) is 11.1 Å². The van der Waals surface area contributed by atoms with Gasteiger partial charge in [0, 0.05) is 24.2 Å². The number of hydrogen-bond donors (Lipinski definition) is 2. The fraction of sp³-hybridized carbons (Fsp3) is 0.500. The molecule has 0 radical (unpaired) electrons. The van der Waals surface area contributed by atoms with Crippen molar-refractivity contribution >= 4 is 15.5 Å². The third-order valence-electron chi connectivity index (χ3n) is 3.49. The zero-order valence-electron chi connectivity index (χ0n) is 10.9. The lowest BCUT2D eigenvalue weighted by Gasteiger charge is -2.15. The highest BCUT2D eigenvalue weighted by Crippen LogP contribution is 2.21. The quantitative estimate of drug-likeness (QED) is 0.605. The Morgan fingerprint density at radius 2 is 2.15 bits per heavy atom. The van der Waals surface area contributed by atoms with E-state index in [0.29, 0.717) is 5.56 Å². The minimum atomic E-state index is -3.20. The number of aliphatic hydroxyl groups excluding tert-OH is 1. The van der Waals surface area contributed by atoms with Gasteiger partial charge in [-0.15, -0.1) is 0 Å². The van der Waals surface area contributed by atoms with E-state index in [2.05, 4.69) is 5.32 Å². The Bertz CT molecular complexity index is 629. The molecule has 0 aromatic heterocycles. The molecule has 2 N–H and O–H groups in total. The number of nitrogens with zero attached hydrogens (tertiary/aromatic N) is 1. The largest absolute Gasteiger partial charge is 0.390 e. The number of nitro groups is 1. The zero-order valence-corrected chi connectivity index (χ0v) is 11.8. The predicted molar refractivity (Wildman–Crippen MR) is 73.1 cm³/mol. The minimum Gasteiger partial charge on any atom is -0.390 e. The molecule has 7 nitrogen and oxygen atoms in total. The molecule has 1 aromatic rings. The molecule has 0 saturated carbocycles. The van der Waals surface area contributed by atoms with Crippen molar-refractivity contribution in [3.63, 3.8) is 0 Å². The first-order valence-corrected chi connectivity index (χ1v) is 7.97. The maximum Gasteiger partial charge on any atom is 0.272 e. The number of benzene rings is 1. The molecular formula is C12H16N2O5S. The van der Waals surface area contributed by atoms with E-state index in [0.717, 1.165) is 5.56 Å². The molecule has 1 fully saturated rings. The molecule has 2 atom stereocenters. The third-order valence-corrected chi connectivity index (χ3v) is 5.21. The Balaban J connectivity index is 2.09. The fourth-order valence-electron chi connectivity index (χ4n) is 2.32. The molecule has 20 heavy (non-hydrogen) atoms. The van der Waals surface area contributed by atoms with E-state index in [-0.39, 0.29) is 23.7 Å². The Morgan fingerprint density at radius 1 is 1.45 bits per heavy atom. The lowest BCUT2D eigenvalue weighted by Crippen LogP contribution is -2.38. The van der Waals surface area contributed by atoms with Gasteiger partial charge < -0.3 is 10.4 Å². The smallest absolute Gasteiger partial charge is 0.272 e. The van der Waals surface area contributed by atoms with Crippen LogP contribution in [0.25, 0.3) is 0 Å². The number of nitro benzene ring substituents is 1. The summed E-state index contributed by atoms with van der Waals surface area (Å²) in [4.78, 5) is 10.4. The maximum absolute atomic E-state index is 11.4. The van der Waals surface area contributed by atoms with Crippen molar-refractivity contribution in [1.82, 2.24) is 5.32 Å². The minimum absolute atomic E-state index is 0.0314. The summed E-state index contributed by atoms with van der Waals surface area (Å²) in [5.74, 6) is -0.347. The second kappa shape index (κ2) is 5.47. The summed E-state index contributed by atoms with van der Waals surface area (Å²) in [6, 6.07) is 4.22. The maximum atomic E-state index is 11.4. The highest BCUT2D eigenvalue weighted by atomic mass is 32.2. The SMILES string of the molecule is Cc1c(CNC2CS(=O)(=O)CC2O)cccc1[N+](=O)[O-]. The Labute approximate surface area is 116 Å². The topological polar surface area (TPSA) is 110 Å². The predicted octanol–water partition coefficient (Wildman–Crippen LogP) is 0.151. The Morgan fingerprint density at radius 3 is 2.70 bits per heavy atom. The molecule has 1 aromatic carbocycles. The fourth-order valence-corrected chi connectivity index (χ4v) is 4.10. The van der Waals surface area contributed by atoms with Crippen molar-refractivity contribution in [2.75, 3.05) is 11.5 Å². The Hall–Kier alpha value is -1.51. The lowest BCUT2D eigenvalue weighted by molar-refractivity contribution is -0.385. The van der Waals surface area contributed by atoms with Gasteiger partial charge in [-0.2, -0.15) is 0 Å². The van der Waals surface area contributed by atoms with Gasteiger partial charge in [-0.05, 0) is 12.5 Å². The van der Waals surface area contributed by atoms with E-state index >= 15 is 0 Å². The second-order valence-electron chi connectivity index (χ2n) is 4.95. The van der Waals surface area contributed by atoms with Crippen LogP contribution in [0.2, 0.25) is 0 Å². The summed E-state index contributed by atoms with van der Waals surface area (Å²) < 4.78 is 22.8. The summed E-state index contributed by atoms with van der Waals surface area (Å²) in [7, 11) is -3.20. The van der Waals surface area contributed by atoms with E-state index in [1.807, 2.05) is 0 Å². The molecule has 0 bridgehead atoms. The van der Waals surface area contributed by atoms with Crippen molar-refractivity contribution in [3.05, 3.63) is 39.4 Å². The van der Waals surface area contributed by atoms with E-state index in [4.69, 9.17) is 0 Å². The Kier molecular flexibility index (Phi) is 4.07. The van der Waals surface area contributed by atoms with Crippen molar-refractivity contribution in [2.24, 2.45) is 0 Å². The second-order valence-corrected chi connectivity index (χ2v) is 7.10. The van der Waals surface area contributed by atoms with Crippen LogP contribution in [0.15, 0.2) is 18.2 Å². The molecular weight excluding hydrogens is 284 g/mol. The summed E-state index contributed by atoms with van der Waals surface area (Å²) in [6.45, 7) is 1.93. The van der Waals surface area contributed by atoms with Crippen molar-refractivity contribution < 1.29 is 18.4 Å². The van der Waals surface area contributed by atoms with Gasteiger partial charge in [-0.25, -0.2) is 8.42 Å². The van der Waals surface area contributed by atoms with E-state index in [9.17, 15) is 23.6 Å². The average Bonchev–Trinajstić information content (AvgIpc) is 2.60. The van der Waals surface area contributed by atoms with E-state index in [1.54, 1.807) is 19.1 Å². The number of rotatable bonds is 4. The van der Waals surface area contributed by atoms with Gasteiger partial charge in [0.25, 0.3) is 5.69 Å². The van der Waals surface area contributed by atoms with Gasteiger partial charge in [0.2, 0.25) is 0 Å². The molecule has 8 heteroatoms. The molecule has 0 amide bonds. The summed E-state index contributed by atoms with van der Waals surface area (Å²) in [5, 5.41) is 23.5. The summed E-state index contributed by atoms with van der Waals surface area (Å²) in [5.41, 5.74) is 1.29. The van der Waals surface area contributed by atoms with Crippen LogP contribution >= 0.6 is 0 Å². The van der Waals surface area contributed by atoms with Crippen molar-refractivity contribution in [2.45, 2.75) is 25.6 Å². The molecule has 110 valence electrons.